The zero-order chi connectivity index (χ0) is 21.3. The van der Waals surface area contributed by atoms with Crippen LogP contribution < -0.4 is 10.6 Å². The Hall–Kier alpha value is -2.87. The van der Waals surface area contributed by atoms with Gasteiger partial charge in [-0.05, 0) is 37.6 Å². The van der Waals surface area contributed by atoms with Crippen LogP contribution in [-0.4, -0.2) is 34.3 Å². The van der Waals surface area contributed by atoms with E-state index in [1.807, 2.05) is 19.1 Å². The van der Waals surface area contributed by atoms with Gasteiger partial charge in [0.25, 0.3) is 0 Å². The van der Waals surface area contributed by atoms with Crippen LogP contribution in [-0.2, 0) is 25.8 Å². The first-order valence-electron chi connectivity index (χ1n) is 10.2. The number of benzene rings is 1. The topological polar surface area (TPSA) is 101 Å². The SMILES string of the molecule is CCNC(=NCc1c(CC)noc1CC)NCCc1nc(-c2ccc(Cl)cc2)no1. The Morgan fingerprint density at radius 2 is 1.83 bits per heavy atom. The highest BCUT2D eigenvalue weighted by Crippen LogP contribution is 2.19. The summed E-state index contributed by atoms with van der Waals surface area (Å²) in [5.41, 5.74) is 2.90. The Morgan fingerprint density at radius 3 is 2.53 bits per heavy atom. The van der Waals surface area contributed by atoms with E-state index in [1.54, 1.807) is 12.1 Å². The molecule has 0 amide bonds. The summed E-state index contributed by atoms with van der Waals surface area (Å²) in [6.45, 7) is 8.04. The number of rotatable bonds is 9. The van der Waals surface area contributed by atoms with E-state index < -0.39 is 0 Å². The molecule has 8 nitrogen and oxygen atoms in total. The van der Waals surface area contributed by atoms with Crippen LogP contribution in [0.2, 0.25) is 5.02 Å². The minimum absolute atomic E-state index is 0.520. The zero-order valence-electron chi connectivity index (χ0n) is 17.5. The molecule has 0 atom stereocenters. The van der Waals surface area contributed by atoms with Gasteiger partial charge in [-0.2, -0.15) is 4.98 Å². The molecule has 30 heavy (non-hydrogen) atoms. The summed E-state index contributed by atoms with van der Waals surface area (Å²) >= 11 is 5.92. The number of nitrogens with zero attached hydrogens (tertiary/aromatic N) is 4. The minimum Gasteiger partial charge on any atom is -0.361 e. The molecule has 2 aromatic heterocycles. The molecule has 0 spiro atoms. The summed E-state index contributed by atoms with van der Waals surface area (Å²) in [4.78, 5) is 9.12. The summed E-state index contributed by atoms with van der Waals surface area (Å²) in [6.07, 6.45) is 2.21. The van der Waals surface area contributed by atoms with Crippen molar-refractivity contribution >= 4 is 17.6 Å². The molecule has 3 aromatic rings. The van der Waals surface area contributed by atoms with Crippen LogP contribution >= 0.6 is 11.6 Å². The van der Waals surface area contributed by atoms with Crippen LogP contribution in [0.3, 0.4) is 0 Å². The lowest BCUT2D eigenvalue weighted by Gasteiger charge is -2.10. The Kier molecular flexibility index (Phi) is 7.84. The average Bonchev–Trinajstić information content (AvgIpc) is 3.39. The molecular formula is C21H27ClN6O2. The van der Waals surface area contributed by atoms with E-state index in [1.165, 1.54) is 0 Å². The van der Waals surface area contributed by atoms with Crippen molar-refractivity contribution in [1.29, 1.82) is 0 Å². The maximum absolute atomic E-state index is 5.92. The summed E-state index contributed by atoms with van der Waals surface area (Å²) in [5.74, 6) is 2.73. The van der Waals surface area contributed by atoms with Crippen molar-refractivity contribution in [3.05, 3.63) is 52.2 Å². The Bertz CT molecular complexity index is 943. The molecule has 0 saturated carbocycles. The molecule has 0 bridgehead atoms. The molecule has 3 rings (SSSR count). The Balaban J connectivity index is 1.58. The monoisotopic (exact) mass is 430 g/mol. The van der Waals surface area contributed by atoms with Crippen LogP contribution in [0.25, 0.3) is 11.4 Å². The summed E-state index contributed by atoms with van der Waals surface area (Å²) in [5, 5.41) is 15.4. The molecule has 9 heteroatoms. The van der Waals surface area contributed by atoms with Crippen molar-refractivity contribution in [1.82, 2.24) is 25.9 Å². The van der Waals surface area contributed by atoms with Crippen molar-refractivity contribution in [2.24, 2.45) is 4.99 Å². The summed E-state index contributed by atoms with van der Waals surface area (Å²) in [6, 6.07) is 7.34. The van der Waals surface area contributed by atoms with Gasteiger partial charge in [-0.3, -0.25) is 0 Å². The number of hydrogen-bond acceptors (Lipinski definition) is 6. The number of aliphatic imine (C=N–C) groups is 1. The number of aromatic nitrogens is 3. The van der Waals surface area contributed by atoms with Crippen LogP contribution in [0.1, 0.15) is 43.7 Å². The van der Waals surface area contributed by atoms with Gasteiger partial charge in [-0.25, -0.2) is 4.99 Å². The molecule has 0 aliphatic carbocycles. The van der Waals surface area contributed by atoms with E-state index in [9.17, 15) is 0 Å². The van der Waals surface area contributed by atoms with Crippen molar-refractivity contribution in [2.75, 3.05) is 13.1 Å². The maximum Gasteiger partial charge on any atom is 0.228 e. The first-order chi connectivity index (χ1) is 14.6. The van der Waals surface area contributed by atoms with E-state index in [0.717, 1.165) is 47.9 Å². The standard InChI is InChI=1S/C21H27ClN6O2/c1-4-17-16(18(5-2)29-27-17)13-25-21(23-6-3)24-12-11-19-26-20(28-30-19)14-7-9-15(22)10-8-14/h7-10H,4-6,11-13H2,1-3H3,(H2,23,24,25). The smallest absolute Gasteiger partial charge is 0.228 e. The lowest BCUT2D eigenvalue weighted by molar-refractivity contribution is 0.378. The highest BCUT2D eigenvalue weighted by Gasteiger charge is 2.13. The largest absolute Gasteiger partial charge is 0.361 e. The molecule has 2 heterocycles. The molecule has 1 aromatic carbocycles. The predicted octanol–water partition coefficient (Wildman–Crippen LogP) is 3.80. The van der Waals surface area contributed by atoms with Gasteiger partial charge < -0.3 is 19.7 Å². The van der Waals surface area contributed by atoms with Crippen LogP contribution in [0.15, 0.2) is 38.3 Å². The second-order valence-electron chi connectivity index (χ2n) is 6.63. The van der Waals surface area contributed by atoms with Crippen LogP contribution in [0.5, 0.6) is 0 Å². The molecule has 160 valence electrons. The number of aryl methyl sites for hydroxylation is 2. The van der Waals surface area contributed by atoms with Gasteiger partial charge in [0.15, 0.2) is 5.96 Å². The second kappa shape index (κ2) is 10.8. The van der Waals surface area contributed by atoms with E-state index in [-0.39, 0.29) is 0 Å². The average molecular weight is 431 g/mol. The number of halogens is 1. The van der Waals surface area contributed by atoms with E-state index in [2.05, 4.69) is 44.8 Å². The quantitative estimate of drug-likeness (QED) is 0.393. The highest BCUT2D eigenvalue weighted by molar-refractivity contribution is 6.30. The van der Waals surface area contributed by atoms with Gasteiger partial charge in [0.05, 0.1) is 12.2 Å². The Morgan fingerprint density at radius 1 is 1.03 bits per heavy atom. The fraction of sp³-hybridized carbons (Fsp3) is 0.429. The number of guanidine groups is 1. The van der Waals surface area contributed by atoms with Crippen molar-refractivity contribution in [3.8, 4) is 11.4 Å². The molecule has 0 saturated heterocycles. The molecule has 0 unspecified atom stereocenters. The highest BCUT2D eigenvalue weighted by atomic mass is 35.5. The van der Waals surface area contributed by atoms with Crippen LogP contribution in [0, 0.1) is 0 Å². The first-order valence-corrected chi connectivity index (χ1v) is 10.6. The summed E-state index contributed by atoms with van der Waals surface area (Å²) in [7, 11) is 0. The third-order valence-electron chi connectivity index (χ3n) is 4.55. The molecule has 0 aliphatic rings. The number of nitrogens with one attached hydrogen (secondary N) is 2. The van der Waals surface area contributed by atoms with E-state index >= 15 is 0 Å². The lowest BCUT2D eigenvalue weighted by atomic mass is 10.1. The molecule has 2 N–H and O–H groups in total. The molecule has 0 fully saturated rings. The Labute approximate surface area is 181 Å². The van der Waals surface area contributed by atoms with Gasteiger partial charge in [0.2, 0.25) is 11.7 Å². The minimum atomic E-state index is 0.520. The number of hydrogen-bond donors (Lipinski definition) is 2. The van der Waals surface area contributed by atoms with Gasteiger partial charge in [-0.15, -0.1) is 0 Å². The van der Waals surface area contributed by atoms with Crippen molar-refractivity contribution in [3.63, 3.8) is 0 Å². The lowest BCUT2D eigenvalue weighted by Crippen LogP contribution is -2.38. The van der Waals surface area contributed by atoms with E-state index in [0.29, 0.717) is 36.2 Å². The van der Waals surface area contributed by atoms with Gasteiger partial charge in [-0.1, -0.05) is 35.8 Å². The fourth-order valence-corrected chi connectivity index (χ4v) is 3.10. The zero-order valence-corrected chi connectivity index (χ0v) is 18.3. The maximum atomic E-state index is 5.92. The van der Waals surface area contributed by atoms with Crippen molar-refractivity contribution < 1.29 is 9.05 Å². The second-order valence-corrected chi connectivity index (χ2v) is 7.07. The first kappa shape index (κ1) is 21.8. The van der Waals surface area contributed by atoms with Crippen LogP contribution in [0.4, 0.5) is 0 Å². The third kappa shape index (κ3) is 5.60. The summed E-state index contributed by atoms with van der Waals surface area (Å²) < 4.78 is 10.8. The van der Waals surface area contributed by atoms with Gasteiger partial charge in [0, 0.05) is 42.1 Å². The fourth-order valence-electron chi connectivity index (χ4n) is 2.98. The van der Waals surface area contributed by atoms with E-state index in [4.69, 9.17) is 20.6 Å². The normalized spacial score (nSPS) is 11.7. The molecular weight excluding hydrogens is 404 g/mol. The molecule has 0 aliphatic heterocycles. The predicted molar refractivity (Wildman–Crippen MR) is 117 cm³/mol. The molecule has 0 radical (unpaired) electrons. The van der Waals surface area contributed by atoms with Crippen molar-refractivity contribution in [2.45, 2.75) is 46.6 Å². The van der Waals surface area contributed by atoms with Gasteiger partial charge >= 0.3 is 0 Å². The third-order valence-corrected chi connectivity index (χ3v) is 4.80. The van der Waals surface area contributed by atoms with Gasteiger partial charge in [0.1, 0.15) is 5.76 Å².